The van der Waals surface area contributed by atoms with Gasteiger partial charge in [-0.1, -0.05) is 0 Å². The lowest BCUT2D eigenvalue weighted by Gasteiger charge is -1.77. The lowest BCUT2D eigenvalue weighted by molar-refractivity contribution is 0.194. The first-order chi connectivity index (χ1) is 2.41. The van der Waals surface area contributed by atoms with Gasteiger partial charge >= 0.3 is 0 Å². The number of rotatable bonds is 2. The van der Waals surface area contributed by atoms with Crippen LogP contribution in [0.3, 0.4) is 0 Å². The number of hydrogen-bond acceptors (Lipinski definition) is 2. The first kappa shape index (κ1) is 4.82. The molecule has 1 nitrogen and oxygen atoms in total. The van der Waals surface area contributed by atoms with Crippen LogP contribution < -0.4 is 0 Å². The summed E-state index contributed by atoms with van der Waals surface area (Å²) in [5.74, 6) is 0. The molecule has 0 bridgehead atoms. The Bertz CT molecular complexity index is 30.8. The van der Waals surface area contributed by atoms with Crippen LogP contribution in [0.5, 0.6) is 0 Å². The molecule has 0 saturated heterocycles. The summed E-state index contributed by atoms with van der Waals surface area (Å²) in [5.41, 5.74) is 1.73. The van der Waals surface area contributed by atoms with Crippen LogP contribution in [0.4, 0.5) is 4.39 Å². The Morgan fingerprint density at radius 1 is 2.00 bits per heavy atom. The molecule has 1 radical (unpaired) electrons. The van der Waals surface area contributed by atoms with Gasteiger partial charge in [0.25, 0.3) is 0 Å². The fourth-order valence-corrected chi connectivity index (χ4v) is 0.0668. The molecular weight excluding hydrogens is 91.1 g/mol. The zero-order valence-electron chi connectivity index (χ0n) is 2.40. The summed E-state index contributed by atoms with van der Waals surface area (Å²) < 4.78 is 14.4. The maximum atomic E-state index is 10.6. The minimum Gasteiger partial charge on any atom is -0.448 e. The summed E-state index contributed by atoms with van der Waals surface area (Å²) in [4.78, 5) is 0. The Kier molecular flexibility index (Phi) is 3.68. The molecule has 0 atom stereocenters. The quantitative estimate of drug-likeness (QED) is 0.466. The predicted molar refractivity (Wildman–Crippen MR) is 19.7 cm³/mol. The van der Waals surface area contributed by atoms with Crippen LogP contribution in [-0.2, 0) is 4.74 Å². The zero-order valence-corrected chi connectivity index (χ0v) is 3.22. The molecule has 0 aromatic rings. The van der Waals surface area contributed by atoms with Crippen molar-refractivity contribution in [3.63, 3.8) is 0 Å². The summed E-state index contributed by atoms with van der Waals surface area (Å²) in [7, 11) is 0. The average Bonchev–Trinajstić information content (AvgIpc) is 1.41. The van der Waals surface area contributed by atoms with Crippen LogP contribution in [-0.4, -0.2) is 12.4 Å². The SMILES string of the molecule is FCO[C]=S. The minimum atomic E-state index is -0.872. The highest BCUT2D eigenvalue weighted by Gasteiger charge is 1.63. The summed E-state index contributed by atoms with van der Waals surface area (Å²) in [6, 6.07) is 0. The predicted octanol–water partition coefficient (Wildman–Crippen LogP) is 0.764. The van der Waals surface area contributed by atoms with E-state index in [9.17, 15) is 4.39 Å². The van der Waals surface area contributed by atoms with E-state index in [-0.39, 0.29) is 0 Å². The molecule has 0 aliphatic carbocycles. The molecule has 29 valence electrons. The molecule has 5 heavy (non-hydrogen) atoms. The Morgan fingerprint density at radius 3 is 2.60 bits per heavy atom. The second-order valence-corrected chi connectivity index (χ2v) is 0.503. The standard InChI is InChI=1S/C2H2FOS/c3-1-4-2-5/h1H2. The fourth-order valence-electron chi connectivity index (χ4n) is 0.0223. The van der Waals surface area contributed by atoms with Crippen LogP contribution in [0.1, 0.15) is 0 Å². The van der Waals surface area contributed by atoms with Crippen molar-refractivity contribution in [3.05, 3.63) is 0 Å². The molecule has 0 aromatic carbocycles. The molecule has 0 aliphatic heterocycles. The van der Waals surface area contributed by atoms with E-state index in [2.05, 4.69) is 17.0 Å². The summed E-state index contributed by atoms with van der Waals surface area (Å²) in [6.07, 6.45) is 0. The molecule has 0 spiro atoms. The zero-order chi connectivity index (χ0) is 4.12. The molecular formula is C2H2FOS. The molecule has 0 aliphatic rings. The van der Waals surface area contributed by atoms with Crippen molar-refractivity contribution in [3.8, 4) is 0 Å². The van der Waals surface area contributed by atoms with E-state index in [1.165, 1.54) is 0 Å². The minimum absolute atomic E-state index is 0.872. The molecule has 0 heterocycles. The van der Waals surface area contributed by atoms with Gasteiger partial charge in [0.1, 0.15) is 0 Å². The van der Waals surface area contributed by atoms with E-state index in [1.54, 1.807) is 5.55 Å². The number of ether oxygens (including phenoxy) is 1. The highest BCUT2D eigenvalue weighted by molar-refractivity contribution is 7.78. The van der Waals surface area contributed by atoms with Gasteiger partial charge in [0.2, 0.25) is 12.4 Å². The van der Waals surface area contributed by atoms with Gasteiger partial charge in [-0.3, -0.25) is 0 Å². The average molecular weight is 93.1 g/mol. The third kappa shape index (κ3) is 3.82. The van der Waals surface area contributed by atoms with E-state index in [0.29, 0.717) is 0 Å². The molecule has 0 fully saturated rings. The van der Waals surface area contributed by atoms with Crippen molar-refractivity contribution < 1.29 is 9.13 Å². The van der Waals surface area contributed by atoms with Crippen molar-refractivity contribution in [2.45, 2.75) is 0 Å². The molecule has 0 rings (SSSR count). The molecule has 0 unspecified atom stereocenters. The van der Waals surface area contributed by atoms with Crippen LogP contribution >= 0.6 is 12.2 Å². The largest absolute Gasteiger partial charge is 0.448 e. The van der Waals surface area contributed by atoms with Crippen molar-refractivity contribution in [1.82, 2.24) is 0 Å². The van der Waals surface area contributed by atoms with Gasteiger partial charge in [-0.15, -0.1) is 0 Å². The number of alkyl halides is 1. The van der Waals surface area contributed by atoms with Crippen LogP contribution in [0.2, 0.25) is 0 Å². The number of hydrogen-bond donors (Lipinski definition) is 0. The summed E-state index contributed by atoms with van der Waals surface area (Å²) >= 11 is 3.94. The topological polar surface area (TPSA) is 9.23 Å². The van der Waals surface area contributed by atoms with Gasteiger partial charge in [0, 0.05) is 0 Å². The first-order valence-corrected chi connectivity index (χ1v) is 1.37. The van der Waals surface area contributed by atoms with Crippen LogP contribution in [0.25, 0.3) is 0 Å². The second-order valence-electron chi connectivity index (χ2n) is 0.337. The van der Waals surface area contributed by atoms with Crippen LogP contribution in [0.15, 0.2) is 0 Å². The molecule has 0 saturated carbocycles. The van der Waals surface area contributed by atoms with E-state index in [0.717, 1.165) is 0 Å². The second kappa shape index (κ2) is 3.82. The molecule has 0 N–H and O–H groups in total. The number of halogens is 1. The maximum absolute atomic E-state index is 10.6. The maximum Gasteiger partial charge on any atom is 0.241 e. The highest BCUT2D eigenvalue weighted by atomic mass is 32.1. The number of thiocarbonyl (C=S) groups is 1. The van der Waals surface area contributed by atoms with E-state index in [4.69, 9.17) is 0 Å². The van der Waals surface area contributed by atoms with Gasteiger partial charge in [0.05, 0.1) is 0 Å². The summed E-state index contributed by atoms with van der Waals surface area (Å²) in [5, 5.41) is 0. The third-order valence-corrected chi connectivity index (χ3v) is 0.231. The Balaban J connectivity index is 2.40. The third-order valence-electron chi connectivity index (χ3n) is 0.113. The normalized spacial score (nSPS) is 6.60. The molecule has 0 amide bonds. The first-order valence-electron chi connectivity index (χ1n) is 0.964. The van der Waals surface area contributed by atoms with Gasteiger partial charge in [-0.05, 0) is 12.2 Å². The van der Waals surface area contributed by atoms with E-state index in [1.807, 2.05) is 0 Å². The van der Waals surface area contributed by atoms with Gasteiger partial charge < -0.3 is 4.74 Å². The Hall–Kier alpha value is -0.180. The Labute approximate surface area is 34.7 Å². The van der Waals surface area contributed by atoms with Crippen LogP contribution in [0, 0.1) is 0 Å². The molecule has 3 heteroatoms. The van der Waals surface area contributed by atoms with Crippen molar-refractivity contribution >= 4 is 17.8 Å². The molecule has 0 aromatic heterocycles. The smallest absolute Gasteiger partial charge is 0.241 e. The fraction of sp³-hybridized carbons (Fsp3) is 0.500. The highest BCUT2D eigenvalue weighted by Crippen LogP contribution is 1.63. The van der Waals surface area contributed by atoms with Crippen molar-refractivity contribution in [2.75, 3.05) is 6.86 Å². The van der Waals surface area contributed by atoms with Gasteiger partial charge in [-0.25, -0.2) is 4.39 Å². The monoisotopic (exact) mass is 93.0 g/mol. The lowest BCUT2D eigenvalue weighted by atomic mass is 11.5. The van der Waals surface area contributed by atoms with E-state index >= 15 is 0 Å². The van der Waals surface area contributed by atoms with Gasteiger partial charge in [-0.2, -0.15) is 0 Å². The Morgan fingerprint density at radius 2 is 2.60 bits per heavy atom. The lowest BCUT2D eigenvalue weighted by Crippen LogP contribution is -1.76. The van der Waals surface area contributed by atoms with Crippen molar-refractivity contribution in [2.24, 2.45) is 0 Å². The van der Waals surface area contributed by atoms with E-state index < -0.39 is 6.86 Å². The van der Waals surface area contributed by atoms with Gasteiger partial charge in [0.15, 0.2) is 0 Å². The summed E-state index contributed by atoms with van der Waals surface area (Å²) in [6.45, 7) is -0.872. The van der Waals surface area contributed by atoms with Crippen molar-refractivity contribution in [1.29, 1.82) is 0 Å².